The van der Waals surface area contributed by atoms with Crippen LogP contribution in [0.1, 0.15) is 37.8 Å². The van der Waals surface area contributed by atoms with Gasteiger partial charge in [0.1, 0.15) is 11.5 Å². The average Bonchev–Trinajstić information content (AvgIpc) is 2.51. The predicted molar refractivity (Wildman–Crippen MR) is 91.9 cm³/mol. The van der Waals surface area contributed by atoms with Crippen LogP contribution in [0.2, 0.25) is 0 Å². The standard InChI is InChI=1S/C20H26O2/c1-15(2)19-11-10-16(3)12-20(19)22-14-17(4)13-21-18-8-6-5-7-9-18/h5-12,15,17H,13-14H2,1-4H3. The summed E-state index contributed by atoms with van der Waals surface area (Å²) in [5, 5.41) is 0. The van der Waals surface area contributed by atoms with E-state index in [0.29, 0.717) is 25.0 Å². The predicted octanol–water partition coefficient (Wildman–Crippen LogP) is 5.21. The van der Waals surface area contributed by atoms with Crippen molar-refractivity contribution in [3.8, 4) is 11.5 Å². The third-order valence-corrected chi connectivity index (χ3v) is 3.59. The molecule has 0 radical (unpaired) electrons. The Morgan fingerprint density at radius 2 is 1.55 bits per heavy atom. The molecule has 2 heteroatoms. The number of hydrogen-bond acceptors (Lipinski definition) is 2. The Balaban J connectivity index is 1.88. The van der Waals surface area contributed by atoms with Crippen molar-refractivity contribution in [1.29, 1.82) is 0 Å². The molecule has 118 valence electrons. The summed E-state index contributed by atoms with van der Waals surface area (Å²) >= 11 is 0. The van der Waals surface area contributed by atoms with E-state index in [2.05, 4.69) is 45.9 Å². The lowest BCUT2D eigenvalue weighted by atomic mass is 10.0. The van der Waals surface area contributed by atoms with Gasteiger partial charge in [-0.2, -0.15) is 0 Å². The van der Waals surface area contributed by atoms with Gasteiger partial charge in [0.2, 0.25) is 0 Å². The van der Waals surface area contributed by atoms with Gasteiger partial charge in [0.05, 0.1) is 13.2 Å². The van der Waals surface area contributed by atoms with Gasteiger partial charge >= 0.3 is 0 Å². The topological polar surface area (TPSA) is 18.5 Å². The van der Waals surface area contributed by atoms with Gasteiger partial charge in [-0.3, -0.25) is 0 Å². The maximum atomic E-state index is 6.05. The zero-order valence-corrected chi connectivity index (χ0v) is 14.0. The molecule has 0 aliphatic heterocycles. The van der Waals surface area contributed by atoms with Crippen LogP contribution in [0.3, 0.4) is 0 Å². The van der Waals surface area contributed by atoms with Gasteiger partial charge in [0, 0.05) is 5.92 Å². The van der Waals surface area contributed by atoms with E-state index in [9.17, 15) is 0 Å². The van der Waals surface area contributed by atoms with E-state index < -0.39 is 0 Å². The Labute approximate surface area is 134 Å². The molecule has 0 aromatic heterocycles. The number of rotatable bonds is 7. The molecule has 1 atom stereocenters. The minimum absolute atomic E-state index is 0.334. The van der Waals surface area contributed by atoms with Crippen molar-refractivity contribution < 1.29 is 9.47 Å². The molecule has 0 N–H and O–H groups in total. The van der Waals surface area contributed by atoms with Crippen molar-refractivity contribution in [2.75, 3.05) is 13.2 Å². The molecular weight excluding hydrogens is 272 g/mol. The third-order valence-electron chi connectivity index (χ3n) is 3.59. The van der Waals surface area contributed by atoms with Crippen molar-refractivity contribution in [3.05, 3.63) is 59.7 Å². The Morgan fingerprint density at radius 3 is 2.23 bits per heavy atom. The quantitative estimate of drug-likeness (QED) is 0.698. The van der Waals surface area contributed by atoms with Crippen LogP contribution in [0.15, 0.2) is 48.5 Å². The highest BCUT2D eigenvalue weighted by molar-refractivity contribution is 5.39. The Kier molecular flexibility index (Phi) is 5.88. The summed E-state index contributed by atoms with van der Waals surface area (Å²) in [5.41, 5.74) is 2.49. The van der Waals surface area contributed by atoms with Crippen molar-refractivity contribution in [3.63, 3.8) is 0 Å². The Hall–Kier alpha value is -1.96. The average molecular weight is 298 g/mol. The van der Waals surface area contributed by atoms with E-state index in [1.807, 2.05) is 30.3 Å². The van der Waals surface area contributed by atoms with Gasteiger partial charge in [-0.05, 0) is 42.2 Å². The molecule has 0 amide bonds. The lowest BCUT2D eigenvalue weighted by Crippen LogP contribution is -2.17. The molecule has 2 aromatic carbocycles. The fourth-order valence-corrected chi connectivity index (χ4v) is 2.28. The minimum atomic E-state index is 0.334. The molecule has 0 heterocycles. The van der Waals surface area contributed by atoms with Crippen LogP contribution >= 0.6 is 0 Å². The number of benzene rings is 2. The number of ether oxygens (including phenoxy) is 2. The summed E-state index contributed by atoms with van der Waals surface area (Å²) in [6.07, 6.45) is 0. The third kappa shape index (κ3) is 4.80. The van der Waals surface area contributed by atoms with E-state index in [1.54, 1.807) is 0 Å². The number of aryl methyl sites for hydroxylation is 1. The SMILES string of the molecule is Cc1ccc(C(C)C)c(OCC(C)COc2ccccc2)c1. The van der Waals surface area contributed by atoms with E-state index in [0.717, 1.165) is 11.5 Å². The van der Waals surface area contributed by atoms with Gasteiger partial charge in [-0.15, -0.1) is 0 Å². The normalized spacial score (nSPS) is 12.2. The summed E-state index contributed by atoms with van der Waals surface area (Å²) in [4.78, 5) is 0. The van der Waals surface area contributed by atoms with Gasteiger partial charge < -0.3 is 9.47 Å². The summed E-state index contributed by atoms with van der Waals surface area (Å²) in [7, 11) is 0. The highest BCUT2D eigenvalue weighted by Crippen LogP contribution is 2.27. The van der Waals surface area contributed by atoms with Gasteiger partial charge in [0.25, 0.3) is 0 Å². The van der Waals surface area contributed by atoms with Crippen LogP contribution < -0.4 is 9.47 Å². The Morgan fingerprint density at radius 1 is 0.864 bits per heavy atom. The molecule has 22 heavy (non-hydrogen) atoms. The molecule has 2 aromatic rings. The molecule has 0 aliphatic rings. The molecule has 2 nitrogen and oxygen atoms in total. The highest BCUT2D eigenvalue weighted by Gasteiger charge is 2.10. The van der Waals surface area contributed by atoms with Crippen LogP contribution in [0, 0.1) is 12.8 Å². The number of para-hydroxylation sites is 1. The summed E-state index contributed by atoms with van der Waals surface area (Å²) < 4.78 is 11.8. The summed E-state index contributed by atoms with van der Waals surface area (Å²) in [6.45, 7) is 9.95. The maximum Gasteiger partial charge on any atom is 0.123 e. The molecule has 0 saturated carbocycles. The second-order valence-electron chi connectivity index (χ2n) is 6.24. The second-order valence-corrected chi connectivity index (χ2v) is 6.24. The van der Waals surface area contributed by atoms with Crippen LogP contribution in [0.25, 0.3) is 0 Å². The minimum Gasteiger partial charge on any atom is -0.493 e. The first kappa shape index (κ1) is 16.4. The monoisotopic (exact) mass is 298 g/mol. The molecule has 0 bridgehead atoms. The lowest BCUT2D eigenvalue weighted by molar-refractivity contribution is 0.187. The van der Waals surface area contributed by atoms with E-state index in [4.69, 9.17) is 9.47 Å². The van der Waals surface area contributed by atoms with Crippen molar-refractivity contribution in [1.82, 2.24) is 0 Å². The Bertz CT molecular complexity index is 576. The lowest BCUT2D eigenvalue weighted by Gasteiger charge is -2.18. The molecule has 0 aliphatic carbocycles. The van der Waals surface area contributed by atoms with E-state index in [-0.39, 0.29) is 0 Å². The molecular formula is C20H26O2. The number of hydrogen-bond donors (Lipinski definition) is 0. The van der Waals surface area contributed by atoms with Crippen LogP contribution in [-0.2, 0) is 0 Å². The summed E-state index contributed by atoms with van der Waals surface area (Å²) in [6, 6.07) is 16.3. The molecule has 0 spiro atoms. The van der Waals surface area contributed by atoms with Gasteiger partial charge in [0.15, 0.2) is 0 Å². The first-order valence-electron chi connectivity index (χ1n) is 7.97. The fraction of sp³-hybridized carbons (Fsp3) is 0.400. The molecule has 0 saturated heterocycles. The van der Waals surface area contributed by atoms with Crippen LogP contribution in [0.5, 0.6) is 11.5 Å². The van der Waals surface area contributed by atoms with Crippen LogP contribution in [-0.4, -0.2) is 13.2 Å². The van der Waals surface area contributed by atoms with Gasteiger partial charge in [-0.25, -0.2) is 0 Å². The highest BCUT2D eigenvalue weighted by atomic mass is 16.5. The molecule has 0 fully saturated rings. The second kappa shape index (κ2) is 7.88. The fourth-order valence-electron chi connectivity index (χ4n) is 2.28. The molecule has 1 unspecified atom stereocenters. The smallest absolute Gasteiger partial charge is 0.123 e. The zero-order valence-electron chi connectivity index (χ0n) is 14.0. The zero-order chi connectivity index (χ0) is 15.9. The van der Waals surface area contributed by atoms with E-state index >= 15 is 0 Å². The van der Waals surface area contributed by atoms with Gasteiger partial charge in [-0.1, -0.05) is 51.1 Å². The van der Waals surface area contributed by atoms with Crippen LogP contribution in [0.4, 0.5) is 0 Å². The van der Waals surface area contributed by atoms with Crippen molar-refractivity contribution in [2.45, 2.75) is 33.6 Å². The first-order valence-corrected chi connectivity index (χ1v) is 7.97. The first-order chi connectivity index (χ1) is 10.6. The largest absolute Gasteiger partial charge is 0.493 e. The molecule has 2 rings (SSSR count). The van der Waals surface area contributed by atoms with Crippen molar-refractivity contribution >= 4 is 0 Å². The summed E-state index contributed by atoms with van der Waals surface area (Å²) in [5.74, 6) is 2.71. The maximum absolute atomic E-state index is 6.05. The van der Waals surface area contributed by atoms with E-state index in [1.165, 1.54) is 11.1 Å². The van der Waals surface area contributed by atoms with Crippen molar-refractivity contribution in [2.24, 2.45) is 5.92 Å².